The molecule has 222 valence electrons. The second kappa shape index (κ2) is 9.71. The zero-order chi connectivity index (χ0) is 31.3. The van der Waals surface area contributed by atoms with Crippen LogP contribution in [0.25, 0.3) is 81.6 Å². The van der Waals surface area contributed by atoms with E-state index in [4.69, 9.17) is 9.97 Å². The summed E-state index contributed by atoms with van der Waals surface area (Å²) in [6.45, 7) is 4.79. The van der Waals surface area contributed by atoms with Crippen molar-refractivity contribution in [2.24, 2.45) is 0 Å². The lowest BCUT2D eigenvalue weighted by atomic mass is 9.80. The van der Waals surface area contributed by atoms with Crippen molar-refractivity contribution in [1.29, 1.82) is 0 Å². The number of benzene rings is 6. The van der Waals surface area contributed by atoms with Gasteiger partial charge in [-0.25, -0.2) is 9.97 Å². The summed E-state index contributed by atoms with van der Waals surface area (Å²) < 4.78 is 5.07. The predicted molar refractivity (Wildman–Crippen MR) is 198 cm³/mol. The summed E-state index contributed by atoms with van der Waals surface area (Å²) in [4.78, 5) is 10.5. The molecule has 0 fully saturated rings. The van der Waals surface area contributed by atoms with E-state index in [-0.39, 0.29) is 5.41 Å². The Hall–Kier alpha value is -5.58. The van der Waals surface area contributed by atoms with Crippen molar-refractivity contribution in [3.05, 3.63) is 151 Å². The minimum absolute atomic E-state index is 0.181. The van der Waals surface area contributed by atoms with Gasteiger partial charge in [0.25, 0.3) is 0 Å². The molecule has 0 spiro atoms. The summed E-state index contributed by atoms with van der Waals surface area (Å²) in [5.74, 6) is 1.59. The van der Waals surface area contributed by atoms with Gasteiger partial charge in [-0.1, -0.05) is 135 Å². The summed E-state index contributed by atoms with van der Waals surface area (Å²) in [5, 5.41) is 5.14. The molecule has 0 atom stereocenters. The fourth-order valence-corrected chi connectivity index (χ4v) is 9.22. The van der Waals surface area contributed by atoms with Crippen LogP contribution in [0.1, 0.15) is 25.0 Å². The fraction of sp³-hybridized carbons (Fsp3) is 0.0698. The quantitative estimate of drug-likeness (QED) is 0.197. The highest BCUT2D eigenvalue weighted by atomic mass is 32.1. The third-order valence-corrected chi connectivity index (χ3v) is 11.2. The van der Waals surface area contributed by atoms with E-state index in [2.05, 4.69) is 152 Å². The van der Waals surface area contributed by atoms with E-state index in [1.54, 1.807) is 0 Å². The molecule has 0 saturated carbocycles. The molecule has 0 N–H and O–H groups in total. The number of hydrogen-bond donors (Lipinski definition) is 0. The SMILES string of the molecule is CC1(C)c2ccccc2-c2c1c1c3ccccc3n(-c3cc(-c4ccccc4)nc(-c4ccccc4)n3)c1c1c2sc2ccccc21. The normalized spacial score (nSPS) is 13.5. The average molecular weight is 620 g/mol. The number of nitrogens with zero attached hydrogens (tertiary/aromatic N) is 3. The summed E-state index contributed by atoms with van der Waals surface area (Å²) in [6.07, 6.45) is 0. The van der Waals surface area contributed by atoms with E-state index in [0.717, 1.165) is 28.2 Å². The first-order chi connectivity index (χ1) is 23.1. The van der Waals surface area contributed by atoms with Crippen LogP contribution in [0.15, 0.2) is 140 Å². The summed E-state index contributed by atoms with van der Waals surface area (Å²) >= 11 is 1.91. The average Bonchev–Trinajstić information content (AvgIpc) is 3.75. The third kappa shape index (κ3) is 3.67. The maximum atomic E-state index is 5.37. The standard InChI is InChI=1S/C43H29N3S/c1-43(2)31-22-12-9-19-28(31)37-39(43)36-29-20-10-13-23-33(29)46(40(36)38-30-21-11-14-24-34(30)47-41(37)38)35-25-32(26-15-5-3-6-16-26)44-42(45-35)27-17-7-4-8-18-27/h3-25H,1-2H3. The van der Waals surface area contributed by atoms with Gasteiger partial charge in [0.1, 0.15) is 5.82 Å². The van der Waals surface area contributed by atoms with Crippen LogP contribution in [0.3, 0.4) is 0 Å². The Morgan fingerprint density at radius 2 is 1.28 bits per heavy atom. The van der Waals surface area contributed by atoms with Crippen LogP contribution in [0.4, 0.5) is 0 Å². The molecule has 47 heavy (non-hydrogen) atoms. The number of thiophene rings is 1. The zero-order valence-electron chi connectivity index (χ0n) is 26.0. The Morgan fingerprint density at radius 1 is 0.617 bits per heavy atom. The second-order valence-electron chi connectivity index (χ2n) is 13.0. The maximum Gasteiger partial charge on any atom is 0.162 e. The van der Waals surface area contributed by atoms with Crippen LogP contribution in [0, 0.1) is 0 Å². The number of para-hydroxylation sites is 1. The van der Waals surface area contributed by atoms with E-state index < -0.39 is 0 Å². The Bertz CT molecular complexity index is 2640. The van der Waals surface area contributed by atoms with E-state index in [0.29, 0.717) is 5.82 Å². The molecule has 3 heterocycles. The van der Waals surface area contributed by atoms with Crippen LogP contribution in [0.5, 0.6) is 0 Å². The Morgan fingerprint density at radius 3 is 2.09 bits per heavy atom. The minimum Gasteiger partial charge on any atom is -0.293 e. The Balaban J connectivity index is 1.44. The lowest BCUT2D eigenvalue weighted by molar-refractivity contribution is 0.667. The van der Waals surface area contributed by atoms with Gasteiger partial charge >= 0.3 is 0 Å². The Labute approximate surface area is 276 Å². The highest BCUT2D eigenvalue weighted by Gasteiger charge is 2.40. The molecule has 10 rings (SSSR count). The van der Waals surface area contributed by atoms with Crippen LogP contribution in [-0.2, 0) is 5.41 Å². The molecule has 0 unspecified atom stereocenters. The lowest BCUT2D eigenvalue weighted by Crippen LogP contribution is -2.15. The molecule has 9 aromatic rings. The fourth-order valence-electron chi connectivity index (χ4n) is 7.95. The van der Waals surface area contributed by atoms with E-state index in [9.17, 15) is 0 Å². The van der Waals surface area contributed by atoms with Gasteiger partial charge in [-0.2, -0.15) is 0 Å². The lowest BCUT2D eigenvalue weighted by Gasteiger charge is -2.23. The number of aromatic nitrogens is 3. The molecule has 0 radical (unpaired) electrons. The molecule has 3 aromatic heterocycles. The Kier molecular flexibility index (Phi) is 5.50. The van der Waals surface area contributed by atoms with E-state index >= 15 is 0 Å². The zero-order valence-corrected chi connectivity index (χ0v) is 26.8. The minimum atomic E-state index is -0.181. The molecule has 0 amide bonds. The molecule has 0 bridgehead atoms. The highest BCUT2D eigenvalue weighted by molar-refractivity contribution is 7.26. The number of rotatable bonds is 3. The molecular weight excluding hydrogens is 591 g/mol. The van der Waals surface area contributed by atoms with Gasteiger partial charge < -0.3 is 0 Å². The first-order valence-electron chi connectivity index (χ1n) is 16.1. The summed E-state index contributed by atoms with van der Waals surface area (Å²) in [5.41, 5.74) is 10.7. The van der Waals surface area contributed by atoms with Crippen molar-refractivity contribution < 1.29 is 0 Å². The first-order valence-corrected chi connectivity index (χ1v) is 16.9. The number of fused-ring (bicyclic) bond motifs is 12. The smallest absolute Gasteiger partial charge is 0.162 e. The van der Waals surface area contributed by atoms with Gasteiger partial charge in [0.05, 0.1) is 16.7 Å². The van der Waals surface area contributed by atoms with Gasteiger partial charge in [-0.05, 0) is 28.8 Å². The van der Waals surface area contributed by atoms with Crippen molar-refractivity contribution in [3.8, 4) is 39.6 Å². The van der Waals surface area contributed by atoms with Gasteiger partial charge in [0, 0.05) is 59.1 Å². The number of hydrogen-bond acceptors (Lipinski definition) is 3. The van der Waals surface area contributed by atoms with Gasteiger partial charge in [0.15, 0.2) is 5.82 Å². The molecular formula is C43H29N3S. The molecule has 1 aliphatic carbocycles. The second-order valence-corrected chi connectivity index (χ2v) is 14.0. The van der Waals surface area contributed by atoms with Crippen molar-refractivity contribution in [1.82, 2.24) is 14.5 Å². The van der Waals surface area contributed by atoms with Crippen LogP contribution in [-0.4, -0.2) is 14.5 Å². The van der Waals surface area contributed by atoms with Crippen LogP contribution < -0.4 is 0 Å². The predicted octanol–water partition coefficient (Wildman–Crippen LogP) is 11.6. The molecule has 4 heteroatoms. The topological polar surface area (TPSA) is 30.7 Å². The van der Waals surface area contributed by atoms with Crippen molar-refractivity contribution in [2.45, 2.75) is 19.3 Å². The van der Waals surface area contributed by atoms with Gasteiger partial charge in [-0.15, -0.1) is 11.3 Å². The van der Waals surface area contributed by atoms with Crippen LogP contribution >= 0.6 is 11.3 Å². The van der Waals surface area contributed by atoms with Crippen molar-refractivity contribution in [2.75, 3.05) is 0 Å². The van der Waals surface area contributed by atoms with E-state index in [1.807, 2.05) is 17.4 Å². The molecule has 1 aliphatic rings. The molecule has 3 nitrogen and oxygen atoms in total. The van der Waals surface area contributed by atoms with Crippen LogP contribution in [0.2, 0.25) is 0 Å². The maximum absolute atomic E-state index is 5.37. The molecule has 0 saturated heterocycles. The summed E-state index contributed by atoms with van der Waals surface area (Å²) in [7, 11) is 0. The summed E-state index contributed by atoms with van der Waals surface area (Å²) in [6, 6.07) is 49.7. The van der Waals surface area contributed by atoms with Crippen molar-refractivity contribution >= 4 is 53.3 Å². The van der Waals surface area contributed by atoms with E-state index in [1.165, 1.54) is 58.7 Å². The van der Waals surface area contributed by atoms with Gasteiger partial charge in [-0.3, -0.25) is 4.57 Å². The monoisotopic (exact) mass is 619 g/mol. The van der Waals surface area contributed by atoms with Gasteiger partial charge in [0.2, 0.25) is 0 Å². The third-order valence-electron chi connectivity index (χ3n) is 9.97. The largest absolute Gasteiger partial charge is 0.293 e. The van der Waals surface area contributed by atoms with Crippen molar-refractivity contribution in [3.63, 3.8) is 0 Å². The highest BCUT2D eigenvalue weighted by Crippen LogP contribution is 2.58. The molecule has 6 aromatic carbocycles. The molecule has 0 aliphatic heterocycles. The first kappa shape index (κ1) is 26.6.